The Kier molecular flexibility index (Phi) is 5.26. The Morgan fingerprint density at radius 3 is 2.29 bits per heavy atom. The summed E-state index contributed by atoms with van der Waals surface area (Å²) in [6.07, 6.45) is 4.47. The minimum absolute atomic E-state index is 0.00902. The van der Waals surface area contributed by atoms with E-state index in [4.69, 9.17) is 5.73 Å². The molecule has 1 heterocycles. The second kappa shape index (κ2) is 7.90. The minimum atomic E-state index is -1.15. The van der Waals surface area contributed by atoms with Gasteiger partial charge >= 0.3 is 0 Å². The van der Waals surface area contributed by atoms with Crippen molar-refractivity contribution < 1.29 is 28.0 Å². The quantitative estimate of drug-likeness (QED) is 0.730. The van der Waals surface area contributed by atoms with Crippen molar-refractivity contribution >= 4 is 29.3 Å². The van der Waals surface area contributed by atoms with Crippen molar-refractivity contribution in [1.82, 2.24) is 4.90 Å². The smallest absolute Gasteiger partial charge is 0.261 e. The Labute approximate surface area is 176 Å². The maximum Gasteiger partial charge on any atom is 0.261 e. The van der Waals surface area contributed by atoms with E-state index in [0.717, 1.165) is 38.2 Å². The Bertz CT molecular complexity index is 1130. The first-order valence-electron chi connectivity index (χ1n) is 9.90. The lowest BCUT2D eigenvalue weighted by molar-refractivity contribution is 0.0548. The monoisotopic (exact) mass is 427 g/mol. The first kappa shape index (κ1) is 20.6. The van der Waals surface area contributed by atoms with E-state index >= 15 is 0 Å². The van der Waals surface area contributed by atoms with Crippen molar-refractivity contribution in [3.63, 3.8) is 0 Å². The van der Waals surface area contributed by atoms with Crippen LogP contribution in [0.2, 0.25) is 0 Å². The fourth-order valence-electron chi connectivity index (χ4n) is 4.10. The number of fused-ring (bicyclic) bond motifs is 1. The third-order valence-electron chi connectivity index (χ3n) is 5.69. The molecular weight excluding hydrogens is 408 g/mol. The van der Waals surface area contributed by atoms with E-state index in [1.165, 1.54) is 23.1 Å². The molecule has 0 bridgehead atoms. The number of amides is 4. The van der Waals surface area contributed by atoms with Gasteiger partial charge in [0, 0.05) is 17.7 Å². The van der Waals surface area contributed by atoms with Crippen molar-refractivity contribution in [3.8, 4) is 0 Å². The van der Waals surface area contributed by atoms with Crippen LogP contribution in [0.3, 0.4) is 0 Å². The van der Waals surface area contributed by atoms with Gasteiger partial charge in [-0.1, -0.05) is 19.3 Å². The number of hydrogen-bond donors (Lipinski definition) is 2. The molecule has 0 saturated heterocycles. The van der Waals surface area contributed by atoms with Crippen LogP contribution in [-0.2, 0) is 0 Å². The van der Waals surface area contributed by atoms with Crippen LogP contribution in [-0.4, -0.2) is 34.6 Å². The lowest BCUT2D eigenvalue weighted by Gasteiger charge is -2.29. The molecular formula is C22H19F2N3O4. The predicted octanol–water partition coefficient (Wildman–Crippen LogP) is 3.24. The number of nitrogens with zero attached hydrogens (tertiary/aromatic N) is 1. The second-order valence-corrected chi connectivity index (χ2v) is 7.66. The summed E-state index contributed by atoms with van der Waals surface area (Å²) in [4.78, 5) is 50.7. The highest BCUT2D eigenvalue weighted by Gasteiger charge is 2.40. The summed E-state index contributed by atoms with van der Waals surface area (Å²) in [7, 11) is 0. The molecule has 1 fully saturated rings. The predicted molar refractivity (Wildman–Crippen MR) is 107 cm³/mol. The number of carbonyl (C=O) groups is 4. The molecule has 2 aliphatic rings. The zero-order chi connectivity index (χ0) is 22.3. The van der Waals surface area contributed by atoms with Gasteiger partial charge in [0.05, 0.1) is 22.4 Å². The van der Waals surface area contributed by atoms with E-state index in [1.54, 1.807) is 0 Å². The van der Waals surface area contributed by atoms with E-state index in [1.807, 2.05) is 0 Å². The molecule has 0 unspecified atom stereocenters. The van der Waals surface area contributed by atoms with Crippen LogP contribution in [0, 0.1) is 11.6 Å². The Morgan fingerprint density at radius 1 is 0.935 bits per heavy atom. The van der Waals surface area contributed by atoms with Gasteiger partial charge < -0.3 is 11.1 Å². The molecule has 4 rings (SSSR count). The Morgan fingerprint density at radius 2 is 1.61 bits per heavy atom. The Balaban J connectivity index is 1.60. The summed E-state index contributed by atoms with van der Waals surface area (Å²) in [5.41, 5.74) is 4.38. The number of imide groups is 1. The standard InChI is InChI=1S/C22H19F2N3O4/c23-16-10-17(24)18(9-15(16)19(25)28)26-20(29)11-6-7-13-14(8-11)22(31)27(21(13)30)12-4-2-1-3-5-12/h6-10,12H,1-5H2,(H2,25,28)(H,26,29). The molecule has 160 valence electrons. The average Bonchev–Trinajstić information content (AvgIpc) is 3.00. The van der Waals surface area contributed by atoms with Gasteiger partial charge in [-0.2, -0.15) is 0 Å². The number of benzene rings is 2. The first-order valence-corrected chi connectivity index (χ1v) is 9.90. The first-order chi connectivity index (χ1) is 14.8. The van der Waals surface area contributed by atoms with Crippen molar-refractivity contribution in [1.29, 1.82) is 0 Å². The van der Waals surface area contributed by atoms with Crippen molar-refractivity contribution in [2.24, 2.45) is 5.73 Å². The highest BCUT2D eigenvalue weighted by molar-refractivity contribution is 6.22. The van der Waals surface area contributed by atoms with Gasteiger partial charge in [0.15, 0.2) is 0 Å². The molecule has 31 heavy (non-hydrogen) atoms. The number of anilines is 1. The zero-order valence-electron chi connectivity index (χ0n) is 16.4. The highest BCUT2D eigenvalue weighted by atomic mass is 19.1. The van der Waals surface area contributed by atoms with Crippen LogP contribution in [0.15, 0.2) is 30.3 Å². The maximum atomic E-state index is 14.0. The highest BCUT2D eigenvalue weighted by Crippen LogP contribution is 2.31. The molecule has 1 aliphatic heterocycles. The van der Waals surface area contributed by atoms with Gasteiger partial charge in [-0.05, 0) is 37.1 Å². The molecule has 9 heteroatoms. The summed E-state index contributed by atoms with van der Waals surface area (Å²) in [6, 6.07) is 5.12. The van der Waals surface area contributed by atoms with E-state index in [9.17, 15) is 28.0 Å². The fourth-order valence-corrected chi connectivity index (χ4v) is 4.10. The molecule has 0 aromatic heterocycles. The number of primary amides is 1. The maximum absolute atomic E-state index is 14.0. The minimum Gasteiger partial charge on any atom is -0.366 e. The van der Waals surface area contributed by atoms with Crippen LogP contribution in [0.1, 0.15) is 73.5 Å². The average molecular weight is 427 g/mol. The number of halogens is 2. The molecule has 0 atom stereocenters. The van der Waals surface area contributed by atoms with Gasteiger partial charge in [-0.25, -0.2) is 8.78 Å². The number of hydrogen-bond acceptors (Lipinski definition) is 4. The molecule has 0 spiro atoms. The van der Waals surface area contributed by atoms with E-state index in [2.05, 4.69) is 5.32 Å². The number of carbonyl (C=O) groups excluding carboxylic acids is 4. The summed E-state index contributed by atoms with van der Waals surface area (Å²) in [5.74, 6) is -4.98. The van der Waals surface area contributed by atoms with Crippen LogP contribution < -0.4 is 11.1 Å². The largest absolute Gasteiger partial charge is 0.366 e. The fraction of sp³-hybridized carbons (Fsp3) is 0.273. The molecule has 1 saturated carbocycles. The van der Waals surface area contributed by atoms with E-state index in [-0.39, 0.29) is 28.6 Å². The van der Waals surface area contributed by atoms with Gasteiger partial charge in [-0.3, -0.25) is 24.1 Å². The lowest BCUT2D eigenvalue weighted by Crippen LogP contribution is -2.40. The summed E-state index contributed by atoms with van der Waals surface area (Å²) >= 11 is 0. The molecule has 2 aromatic carbocycles. The summed E-state index contributed by atoms with van der Waals surface area (Å²) in [5, 5.41) is 2.24. The molecule has 2 aromatic rings. The second-order valence-electron chi connectivity index (χ2n) is 7.66. The number of rotatable bonds is 4. The molecule has 3 N–H and O–H groups in total. The van der Waals surface area contributed by atoms with Gasteiger partial charge in [0.1, 0.15) is 11.6 Å². The van der Waals surface area contributed by atoms with Crippen molar-refractivity contribution in [2.45, 2.75) is 38.1 Å². The van der Waals surface area contributed by atoms with Crippen LogP contribution in [0.5, 0.6) is 0 Å². The molecule has 0 radical (unpaired) electrons. The number of nitrogens with one attached hydrogen (secondary N) is 1. The molecule has 7 nitrogen and oxygen atoms in total. The van der Waals surface area contributed by atoms with Gasteiger partial charge in [-0.15, -0.1) is 0 Å². The SMILES string of the molecule is NC(=O)c1cc(NC(=O)c2ccc3c(c2)C(=O)N(C2CCCCC2)C3=O)c(F)cc1F. The van der Waals surface area contributed by atoms with Crippen LogP contribution in [0.4, 0.5) is 14.5 Å². The lowest BCUT2D eigenvalue weighted by atomic mass is 9.94. The van der Waals surface area contributed by atoms with E-state index in [0.29, 0.717) is 6.07 Å². The van der Waals surface area contributed by atoms with Crippen LogP contribution in [0.25, 0.3) is 0 Å². The van der Waals surface area contributed by atoms with Gasteiger partial charge in [0.2, 0.25) is 0 Å². The third-order valence-corrected chi connectivity index (χ3v) is 5.69. The molecule has 1 aliphatic carbocycles. The Hall–Kier alpha value is -3.62. The van der Waals surface area contributed by atoms with E-state index < -0.39 is 40.6 Å². The number of nitrogens with two attached hydrogens (primary N) is 1. The summed E-state index contributed by atoms with van der Waals surface area (Å²) < 4.78 is 27.7. The van der Waals surface area contributed by atoms with Crippen molar-refractivity contribution in [3.05, 3.63) is 64.2 Å². The normalized spacial score (nSPS) is 16.4. The molecule has 4 amide bonds. The summed E-state index contributed by atoms with van der Waals surface area (Å²) in [6.45, 7) is 0. The topological polar surface area (TPSA) is 110 Å². The third kappa shape index (κ3) is 3.67. The zero-order valence-corrected chi connectivity index (χ0v) is 16.4. The van der Waals surface area contributed by atoms with Gasteiger partial charge in [0.25, 0.3) is 23.6 Å². The van der Waals surface area contributed by atoms with Crippen molar-refractivity contribution in [2.75, 3.05) is 5.32 Å². The van der Waals surface area contributed by atoms with Crippen LogP contribution >= 0.6 is 0 Å².